The summed E-state index contributed by atoms with van der Waals surface area (Å²) in [4.78, 5) is 38.1. The van der Waals surface area contributed by atoms with Crippen molar-refractivity contribution < 1.29 is 28.6 Å². The largest absolute Gasteiger partial charge is 0.462 e. The van der Waals surface area contributed by atoms with E-state index in [1.165, 1.54) is 25.7 Å². The van der Waals surface area contributed by atoms with E-state index in [-0.39, 0.29) is 31.1 Å². The molecular weight excluding hydrogens is 949 g/mol. The van der Waals surface area contributed by atoms with Gasteiger partial charge in [0.2, 0.25) is 0 Å². The number of unbranched alkanes of at least 4 members (excludes halogenated alkanes) is 17. The molecule has 0 bridgehead atoms. The molecule has 1 atom stereocenters. The van der Waals surface area contributed by atoms with E-state index in [1.807, 2.05) is 0 Å². The van der Waals surface area contributed by atoms with Crippen LogP contribution >= 0.6 is 0 Å². The average Bonchev–Trinajstić information content (AvgIpc) is 3.43. The van der Waals surface area contributed by atoms with Crippen LogP contribution in [0.25, 0.3) is 0 Å². The molecule has 0 spiro atoms. The van der Waals surface area contributed by atoms with Gasteiger partial charge in [-0.05, 0) is 141 Å². The van der Waals surface area contributed by atoms with Gasteiger partial charge < -0.3 is 14.2 Å². The van der Waals surface area contributed by atoms with Gasteiger partial charge in [0.25, 0.3) is 0 Å². The van der Waals surface area contributed by atoms with Gasteiger partial charge in [-0.3, -0.25) is 14.4 Å². The summed E-state index contributed by atoms with van der Waals surface area (Å²) in [5, 5.41) is 0. The number of carbonyl (C=O) groups is 3. The average molecular weight is 1060 g/mol. The lowest BCUT2D eigenvalue weighted by Crippen LogP contribution is -2.30. The number of ether oxygens (including phenoxy) is 3. The number of allylic oxidation sites excluding steroid dienone is 26. The standard InChI is InChI=1S/C71H112O6/c1-4-7-10-13-16-19-22-24-26-27-28-29-30-31-32-33-34-35-36-37-38-39-40-41-42-43-45-46-49-52-55-58-61-64-70(73)76-67-68(66-75-69(72)63-60-57-54-51-48-21-18-15-12-9-6-3)77-71(74)65-62-59-56-53-50-47-44-25-23-20-17-14-11-8-5-2/h7-8,10-11,15-20,24-26,28-29,31-32,34-35,37-38,40-41,43-45,68H,4-6,9,12-14,21-23,27,30,33,36,39,42,46-67H2,1-3H3/b10-7-,11-8-,18-15-,19-16-,20-17-,26-24-,29-28-,32-31-,35-34-,38-37-,41-40-,44-25-,45-43-. The maximum absolute atomic E-state index is 12.8. The molecule has 0 aliphatic rings. The zero-order valence-electron chi connectivity index (χ0n) is 49.4. The quantitative estimate of drug-likeness (QED) is 0.0261. The van der Waals surface area contributed by atoms with E-state index in [2.05, 4.69) is 179 Å². The Hall–Kier alpha value is -4.97. The van der Waals surface area contributed by atoms with Crippen molar-refractivity contribution in [2.75, 3.05) is 13.2 Å². The Morgan fingerprint density at radius 1 is 0.273 bits per heavy atom. The van der Waals surface area contributed by atoms with Crippen molar-refractivity contribution in [2.24, 2.45) is 0 Å². The lowest BCUT2D eigenvalue weighted by atomic mass is 10.1. The number of hydrogen-bond acceptors (Lipinski definition) is 6. The summed E-state index contributed by atoms with van der Waals surface area (Å²) in [6.45, 7) is 6.32. The third kappa shape index (κ3) is 61.8. The second kappa shape index (κ2) is 63.6. The molecule has 0 aliphatic heterocycles. The zero-order chi connectivity index (χ0) is 55.7. The highest BCUT2D eigenvalue weighted by Crippen LogP contribution is 2.13. The van der Waals surface area contributed by atoms with Crippen LogP contribution in [0, 0.1) is 0 Å². The van der Waals surface area contributed by atoms with Crippen molar-refractivity contribution in [3.05, 3.63) is 158 Å². The summed E-state index contributed by atoms with van der Waals surface area (Å²) in [7, 11) is 0. The van der Waals surface area contributed by atoms with Crippen LogP contribution in [0.5, 0.6) is 0 Å². The molecule has 0 aliphatic carbocycles. The fraction of sp³-hybridized carbons (Fsp3) is 0.592. The summed E-state index contributed by atoms with van der Waals surface area (Å²) < 4.78 is 16.8. The summed E-state index contributed by atoms with van der Waals surface area (Å²) in [5.74, 6) is -0.954. The van der Waals surface area contributed by atoms with Crippen molar-refractivity contribution >= 4 is 17.9 Å². The Bertz CT molecular complexity index is 1740. The summed E-state index contributed by atoms with van der Waals surface area (Å²) in [6.07, 6.45) is 92.5. The van der Waals surface area contributed by atoms with Crippen molar-refractivity contribution in [3.8, 4) is 0 Å². The molecule has 0 saturated carbocycles. The molecule has 0 aromatic carbocycles. The molecule has 0 amide bonds. The second-order valence-corrected chi connectivity index (χ2v) is 19.8. The monoisotopic (exact) mass is 1060 g/mol. The van der Waals surface area contributed by atoms with Gasteiger partial charge >= 0.3 is 17.9 Å². The fourth-order valence-electron chi connectivity index (χ4n) is 7.90. The lowest BCUT2D eigenvalue weighted by Gasteiger charge is -2.18. The van der Waals surface area contributed by atoms with Crippen LogP contribution in [0.4, 0.5) is 0 Å². The van der Waals surface area contributed by atoms with Gasteiger partial charge in [-0.15, -0.1) is 0 Å². The normalized spacial score (nSPS) is 13.2. The van der Waals surface area contributed by atoms with Crippen molar-refractivity contribution in [1.82, 2.24) is 0 Å². The molecule has 6 nitrogen and oxygen atoms in total. The molecule has 0 radical (unpaired) electrons. The van der Waals surface area contributed by atoms with E-state index in [4.69, 9.17) is 14.2 Å². The molecule has 432 valence electrons. The third-order valence-corrected chi connectivity index (χ3v) is 12.5. The van der Waals surface area contributed by atoms with Crippen LogP contribution in [0.2, 0.25) is 0 Å². The number of carbonyl (C=O) groups excluding carboxylic acids is 3. The Morgan fingerprint density at radius 3 is 0.805 bits per heavy atom. The van der Waals surface area contributed by atoms with Crippen LogP contribution in [-0.2, 0) is 28.6 Å². The third-order valence-electron chi connectivity index (χ3n) is 12.5. The fourth-order valence-corrected chi connectivity index (χ4v) is 7.90. The van der Waals surface area contributed by atoms with Crippen LogP contribution in [0.1, 0.15) is 252 Å². The molecule has 0 fully saturated rings. The van der Waals surface area contributed by atoms with E-state index in [0.29, 0.717) is 19.3 Å². The first-order valence-corrected chi connectivity index (χ1v) is 31.0. The van der Waals surface area contributed by atoms with Crippen LogP contribution < -0.4 is 0 Å². The SMILES string of the molecule is CC/C=C\C/C=C\C/C=C\C/C=C\C/C=C\C/C=C\C/C=C\C/C=C\C/C=C\CCCCCCCC(=O)OCC(COC(=O)CCCCCCC/C=C\CCCC)OC(=O)CCCCCCC/C=C\C/C=C\C/C=C\CC. The molecule has 0 N–H and O–H groups in total. The summed E-state index contributed by atoms with van der Waals surface area (Å²) >= 11 is 0. The van der Waals surface area contributed by atoms with Crippen LogP contribution in [0.15, 0.2) is 158 Å². The molecule has 0 heterocycles. The first-order chi connectivity index (χ1) is 38.0. The van der Waals surface area contributed by atoms with Crippen molar-refractivity contribution in [3.63, 3.8) is 0 Å². The first kappa shape index (κ1) is 72.0. The highest BCUT2D eigenvalue weighted by atomic mass is 16.6. The summed E-state index contributed by atoms with van der Waals surface area (Å²) in [6, 6.07) is 0. The Labute approximate surface area is 473 Å². The second-order valence-electron chi connectivity index (χ2n) is 19.8. The van der Waals surface area contributed by atoms with Gasteiger partial charge in [0.15, 0.2) is 6.10 Å². The van der Waals surface area contributed by atoms with Gasteiger partial charge in [0.1, 0.15) is 13.2 Å². The van der Waals surface area contributed by atoms with E-state index < -0.39 is 6.10 Å². The van der Waals surface area contributed by atoms with Gasteiger partial charge in [-0.1, -0.05) is 249 Å². The lowest BCUT2D eigenvalue weighted by molar-refractivity contribution is -0.167. The highest BCUT2D eigenvalue weighted by molar-refractivity contribution is 5.71. The predicted octanol–water partition coefficient (Wildman–Crippen LogP) is 21.3. The summed E-state index contributed by atoms with van der Waals surface area (Å²) in [5.41, 5.74) is 0. The molecule has 0 rings (SSSR count). The van der Waals surface area contributed by atoms with Gasteiger partial charge in [-0.25, -0.2) is 0 Å². The highest BCUT2D eigenvalue weighted by Gasteiger charge is 2.19. The molecule has 0 saturated heterocycles. The zero-order valence-corrected chi connectivity index (χ0v) is 49.4. The smallest absolute Gasteiger partial charge is 0.306 e. The van der Waals surface area contributed by atoms with E-state index in [1.54, 1.807) is 0 Å². The van der Waals surface area contributed by atoms with E-state index in [9.17, 15) is 14.4 Å². The van der Waals surface area contributed by atoms with Crippen LogP contribution in [-0.4, -0.2) is 37.2 Å². The van der Waals surface area contributed by atoms with Crippen LogP contribution in [0.3, 0.4) is 0 Å². The minimum atomic E-state index is -0.805. The molecule has 1 unspecified atom stereocenters. The maximum atomic E-state index is 12.8. The topological polar surface area (TPSA) is 78.9 Å². The Kier molecular flexibility index (Phi) is 59.5. The van der Waals surface area contributed by atoms with Gasteiger partial charge in [0, 0.05) is 19.3 Å². The van der Waals surface area contributed by atoms with Gasteiger partial charge in [-0.2, -0.15) is 0 Å². The number of hydrogen-bond donors (Lipinski definition) is 0. The molecule has 77 heavy (non-hydrogen) atoms. The Morgan fingerprint density at radius 2 is 0.506 bits per heavy atom. The maximum Gasteiger partial charge on any atom is 0.306 e. The molecule has 0 aromatic heterocycles. The van der Waals surface area contributed by atoms with Gasteiger partial charge in [0.05, 0.1) is 0 Å². The minimum absolute atomic E-state index is 0.101. The molecule has 0 aromatic rings. The molecular formula is C71H112O6. The predicted molar refractivity (Wildman–Crippen MR) is 334 cm³/mol. The number of esters is 3. The van der Waals surface area contributed by atoms with E-state index >= 15 is 0 Å². The van der Waals surface area contributed by atoms with Crippen molar-refractivity contribution in [2.45, 2.75) is 258 Å². The Balaban J connectivity index is 4.32. The molecule has 6 heteroatoms. The number of rotatable bonds is 54. The van der Waals surface area contributed by atoms with E-state index in [0.717, 1.165) is 186 Å². The minimum Gasteiger partial charge on any atom is -0.462 e. The first-order valence-electron chi connectivity index (χ1n) is 31.0. The van der Waals surface area contributed by atoms with Crippen molar-refractivity contribution in [1.29, 1.82) is 0 Å².